The highest BCUT2D eigenvalue weighted by molar-refractivity contribution is 7.89. The van der Waals surface area contributed by atoms with Crippen LogP contribution in [0.5, 0.6) is 17.2 Å². The number of morpholine rings is 1. The maximum Gasteiger partial charge on any atom is 0.267 e. The Morgan fingerprint density at radius 1 is 1.16 bits per heavy atom. The monoisotopic (exact) mass is 448 g/mol. The molecule has 0 saturated carbocycles. The van der Waals surface area contributed by atoms with Crippen molar-refractivity contribution < 1.29 is 32.2 Å². The number of methoxy groups -OCH3 is 1. The average molecular weight is 448 g/mol. The zero-order valence-corrected chi connectivity index (χ0v) is 17.9. The Bertz CT molecular complexity index is 1050. The third-order valence-electron chi connectivity index (χ3n) is 5.13. The maximum absolute atomic E-state index is 12.7. The van der Waals surface area contributed by atoms with E-state index in [9.17, 15) is 13.2 Å². The van der Waals surface area contributed by atoms with Crippen molar-refractivity contribution >= 4 is 15.9 Å². The van der Waals surface area contributed by atoms with E-state index < -0.39 is 16.1 Å². The van der Waals surface area contributed by atoms with Gasteiger partial charge in [0.1, 0.15) is 12.4 Å². The number of hydrogen-bond donors (Lipinski definition) is 1. The molecule has 0 bridgehead atoms. The number of benzene rings is 2. The Hall–Kier alpha value is -2.82. The first kappa shape index (κ1) is 21.4. The SMILES string of the molecule is COc1ccccc1CNS(=O)(=O)c1ccc2c(c1)OC[C@H](C(=O)N1CCOCC1)O2. The molecule has 1 fully saturated rings. The first-order chi connectivity index (χ1) is 15.0. The molecule has 0 spiro atoms. The second kappa shape index (κ2) is 9.13. The molecule has 2 aliphatic heterocycles. The molecule has 0 radical (unpaired) electrons. The van der Waals surface area contributed by atoms with Crippen LogP contribution in [-0.4, -0.2) is 65.3 Å². The molecule has 1 atom stereocenters. The molecule has 31 heavy (non-hydrogen) atoms. The molecule has 0 aliphatic carbocycles. The highest BCUT2D eigenvalue weighted by Crippen LogP contribution is 2.34. The fraction of sp³-hybridized carbons (Fsp3) is 0.381. The van der Waals surface area contributed by atoms with Crippen LogP contribution >= 0.6 is 0 Å². The molecule has 9 nitrogen and oxygen atoms in total. The van der Waals surface area contributed by atoms with Gasteiger partial charge in [-0.15, -0.1) is 0 Å². The summed E-state index contributed by atoms with van der Waals surface area (Å²) in [5.74, 6) is 1.06. The summed E-state index contributed by atoms with van der Waals surface area (Å²) < 4.78 is 50.0. The van der Waals surface area contributed by atoms with Gasteiger partial charge in [0, 0.05) is 31.3 Å². The van der Waals surface area contributed by atoms with Crippen LogP contribution in [0.4, 0.5) is 0 Å². The van der Waals surface area contributed by atoms with Crippen molar-refractivity contribution in [1.29, 1.82) is 0 Å². The van der Waals surface area contributed by atoms with Crippen molar-refractivity contribution in [3.05, 3.63) is 48.0 Å². The van der Waals surface area contributed by atoms with Crippen molar-refractivity contribution in [2.45, 2.75) is 17.5 Å². The van der Waals surface area contributed by atoms with Gasteiger partial charge >= 0.3 is 0 Å². The van der Waals surface area contributed by atoms with Gasteiger partial charge in [-0.2, -0.15) is 0 Å². The van der Waals surface area contributed by atoms with Gasteiger partial charge in [0.25, 0.3) is 5.91 Å². The van der Waals surface area contributed by atoms with Gasteiger partial charge in [-0.3, -0.25) is 4.79 Å². The van der Waals surface area contributed by atoms with Crippen molar-refractivity contribution in [3.63, 3.8) is 0 Å². The van der Waals surface area contributed by atoms with E-state index in [2.05, 4.69) is 4.72 Å². The van der Waals surface area contributed by atoms with Crippen LogP contribution < -0.4 is 18.9 Å². The molecule has 0 aromatic heterocycles. The van der Waals surface area contributed by atoms with Gasteiger partial charge in [0.15, 0.2) is 11.5 Å². The molecule has 4 rings (SSSR count). The third kappa shape index (κ3) is 4.76. The normalized spacial score (nSPS) is 18.5. The number of fused-ring (bicyclic) bond motifs is 1. The first-order valence-corrected chi connectivity index (χ1v) is 11.4. The molecule has 0 unspecified atom stereocenters. The number of nitrogens with one attached hydrogen (secondary N) is 1. The number of nitrogens with zero attached hydrogens (tertiary/aromatic N) is 1. The summed E-state index contributed by atoms with van der Waals surface area (Å²) in [5.41, 5.74) is 0.718. The lowest BCUT2D eigenvalue weighted by molar-refractivity contribution is -0.145. The van der Waals surface area contributed by atoms with Crippen LogP contribution in [-0.2, 0) is 26.1 Å². The summed E-state index contributed by atoms with van der Waals surface area (Å²) >= 11 is 0. The molecule has 10 heteroatoms. The third-order valence-corrected chi connectivity index (χ3v) is 6.53. The highest BCUT2D eigenvalue weighted by Gasteiger charge is 2.32. The summed E-state index contributed by atoms with van der Waals surface area (Å²) in [7, 11) is -2.26. The molecule has 1 amide bonds. The number of carbonyl (C=O) groups excluding carboxylic acids is 1. The molecule has 1 saturated heterocycles. The first-order valence-electron chi connectivity index (χ1n) is 9.89. The number of hydrogen-bond acceptors (Lipinski definition) is 7. The summed E-state index contributed by atoms with van der Waals surface area (Å²) in [6.07, 6.45) is -0.767. The number of para-hydroxylation sites is 1. The fourth-order valence-corrected chi connectivity index (χ4v) is 4.45. The lowest BCUT2D eigenvalue weighted by atomic mass is 10.2. The van der Waals surface area contributed by atoms with E-state index in [1.54, 1.807) is 17.0 Å². The summed E-state index contributed by atoms with van der Waals surface area (Å²) in [6.45, 7) is 2.12. The largest absolute Gasteiger partial charge is 0.496 e. The van der Waals surface area contributed by atoms with Gasteiger partial charge in [-0.1, -0.05) is 18.2 Å². The van der Waals surface area contributed by atoms with E-state index in [4.69, 9.17) is 18.9 Å². The van der Waals surface area contributed by atoms with Gasteiger partial charge in [-0.05, 0) is 18.2 Å². The van der Waals surface area contributed by atoms with Gasteiger partial charge < -0.3 is 23.8 Å². The molecule has 2 aromatic carbocycles. The molecule has 2 heterocycles. The van der Waals surface area contributed by atoms with E-state index in [0.29, 0.717) is 37.8 Å². The van der Waals surface area contributed by atoms with E-state index in [1.807, 2.05) is 12.1 Å². The van der Waals surface area contributed by atoms with Crippen LogP contribution in [0.2, 0.25) is 0 Å². The van der Waals surface area contributed by atoms with Gasteiger partial charge in [-0.25, -0.2) is 13.1 Å². The lowest BCUT2D eigenvalue weighted by Crippen LogP contribution is -2.50. The van der Waals surface area contributed by atoms with Crippen LogP contribution in [0.25, 0.3) is 0 Å². The minimum Gasteiger partial charge on any atom is -0.496 e. The second-order valence-electron chi connectivity index (χ2n) is 7.10. The zero-order valence-electron chi connectivity index (χ0n) is 17.1. The minimum absolute atomic E-state index is 0.0152. The average Bonchev–Trinajstić information content (AvgIpc) is 2.82. The quantitative estimate of drug-likeness (QED) is 0.708. The predicted octanol–water partition coefficient (Wildman–Crippen LogP) is 1.17. The smallest absolute Gasteiger partial charge is 0.267 e. The number of sulfonamides is 1. The Morgan fingerprint density at radius 3 is 2.71 bits per heavy atom. The standard InChI is InChI=1S/C21H24N2O7S/c1-27-17-5-3-2-4-15(17)13-22-31(25,26)16-6-7-18-19(12-16)29-14-20(30-18)21(24)23-8-10-28-11-9-23/h2-7,12,20,22H,8-11,13-14H2,1H3/t20-/m1/s1. The van der Waals surface area contributed by atoms with Crippen molar-refractivity contribution in [2.24, 2.45) is 0 Å². The predicted molar refractivity (Wildman–Crippen MR) is 111 cm³/mol. The van der Waals surface area contributed by atoms with Crippen LogP contribution in [0.3, 0.4) is 0 Å². The Balaban J connectivity index is 1.44. The molecular formula is C21H24N2O7S. The van der Waals surface area contributed by atoms with Crippen LogP contribution in [0, 0.1) is 0 Å². The van der Waals surface area contributed by atoms with Gasteiger partial charge in [0.2, 0.25) is 16.1 Å². The summed E-state index contributed by atoms with van der Waals surface area (Å²) in [4.78, 5) is 14.3. The van der Waals surface area contributed by atoms with Crippen molar-refractivity contribution in [1.82, 2.24) is 9.62 Å². The van der Waals surface area contributed by atoms with Crippen molar-refractivity contribution in [2.75, 3.05) is 40.0 Å². The van der Waals surface area contributed by atoms with Crippen LogP contribution in [0.1, 0.15) is 5.56 Å². The summed E-state index contributed by atoms with van der Waals surface area (Å²) in [5, 5.41) is 0. The number of ether oxygens (including phenoxy) is 4. The van der Waals surface area contributed by atoms with Crippen LogP contribution in [0.15, 0.2) is 47.4 Å². The highest BCUT2D eigenvalue weighted by atomic mass is 32.2. The lowest BCUT2D eigenvalue weighted by Gasteiger charge is -2.32. The minimum atomic E-state index is -3.79. The van der Waals surface area contributed by atoms with E-state index >= 15 is 0 Å². The molecule has 2 aliphatic rings. The molecule has 2 aromatic rings. The molecule has 1 N–H and O–H groups in total. The van der Waals surface area contributed by atoms with E-state index in [1.165, 1.54) is 25.3 Å². The number of rotatable bonds is 6. The van der Waals surface area contributed by atoms with E-state index in [0.717, 1.165) is 5.56 Å². The van der Waals surface area contributed by atoms with Crippen molar-refractivity contribution in [3.8, 4) is 17.2 Å². The number of carbonyl (C=O) groups is 1. The molecule has 166 valence electrons. The fourth-order valence-electron chi connectivity index (χ4n) is 3.43. The topological polar surface area (TPSA) is 103 Å². The Labute approximate surface area is 180 Å². The van der Waals surface area contributed by atoms with E-state index in [-0.39, 0.29) is 29.7 Å². The Morgan fingerprint density at radius 2 is 1.94 bits per heavy atom. The summed E-state index contributed by atoms with van der Waals surface area (Å²) in [6, 6.07) is 11.5. The molecular weight excluding hydrogens is 424 g/mol. The van der Waals surface area contributed by atoms with Gasteiger partial charge in [0.05, 0.1) is 25.2 Å². The maximum atomic E-state index is 12.7. The Kier molecular flexibility index (Phi) is 6.30. The second-order valence-corrected chi connectivity index (χ2v) is 8.87. The number of amides is 1. The zero-order chi connectivity index (χ0) is 21.8.